The van der Waals surface area contributed by atoms with Crippen LogP contribution in [0.3, 0.4) is 0 Å². The quantitative estimate of drug-likeness (QED) is 0.696. The van der Waals surface area contributed by atoms with Crippen LogP contribution < -0.4 is 5.32 Å². The van der Waals surface area contributed by atoms with Gasteiger partial charge in [0.15, 0.2) is 0 Å². The normalized spacial score (nSPS) is 29.0. The Kier molecular flexibility index (Phi) is 4.32. The van der Waals surface area contributed by atoms with Crippen LogP contribution in [0.2, 0.25) is 0 Å². The molecule has 0 aliphatic heterocycles. The summed E-state index contributed by atoms with van der Waals surface area (Å²) in [5.74, 6) is -1.11. The number of hydrogen-bond acceptors (Lipinski definition) is 2. The smallest absolute Gasteiger partial charge is 0.326 e. The van der Waals surface area contributed by atoms with E-state index in [9.17, 15) is 9.59 Å². The zero-order valence-corrected chi connectivity index (χ0v) is 10.7. The molecule has 3 atom stereocenters. The van der Waals surface area contributed by atoms with E-state index in [4.69, 9.17) is 5.11 Å². The molecule has 1 saturated carbocycles. The summed E-state index contributed by atoms with van der Waals surface area (Å²) in [7, 11) is 0. The van der Waals surface area contributed by atoms with Gasteiger partial charge in [-0.2, -0.15) is 0 Å². The number of nitrogens with one attached hydrogen (secondary N) is 1. The number of carboxylic acids is 1. The van der Waals surface area contributed by atoms with Gasteiger partial charge in [-0.15, -0.1) is 0 Å². The second-order valence-corrected chi connectivity index (χ2v) is 4.97. The Balaban J connectivity index is 2.51. The van der Waals surface area contributed by atoms with E-state index >= 15 is 0 Å². The third-order valence-corrected chi connectivity index (χ3v) is 3.70. The minimum absolute atomic E-state index is 0.0139. The summed E-state index contributed by atoms with van der Waals surface area (Å²) in [5.41, 5.74) is 0.0771. The molecule has 17 heavy (non-hydrogen) atoms. The molecule has 1 rings (SSSR count). The van der Waals surface area contributed by atoms with Gasteiger partial charge < -0.3 is 10.4 Å². The Hall–Kier alpha value is -1.32. The summed E-state index contributed by atoms with van der Waals surface area (Å²) in [5, 5.41) is 11.6. The molecule has 0 aromatic heterocycles. The molecule has 0 radical (unpaired) electrons. The maximum atomic E-state index is 11.9. The predicted molar refractivity (Wildman–Crippen MR) is 65.5 cm³/mol. The minimum Gasteiger partial charge on any atom is -0.480 e. The Morgan fingerprint density at radius 1 is 1.59 bits per heavy atom. The molecular weight excluding hydrogens is 218 g/mol. The highest BCUT2D eigenvalue weighted by Crippen LogP contribution is 2.54. The summed E-state index contributed by atoms with van der Waals surface area (Å²) < 4.78 is 0. The molecule has 4 heteroatoms. The van der Waals surface area contributed by atoms with Crippen LogP contribution in [0.1, 0.15) is 40.0 Å². The van der Waals surface area contributed by atoms with E-state index in [1.165, 1.54) is 0 Å². The maximum Gasteiger partial charge on any atom is 0.326 e. The van der Waals surface area contributed by atoms with E-state index in [2.05, 4.69) is 19.2 Å². The van der Waals surface area contributed by atoms with Gasteiger partial charge in [0.05, 0.1) is 0 Å². The van der Waals surface area contributed by atoms with E-state index in [1.807, 2.05) is 6.92 Å². The molecule has 0 spiro atoms. The third kappa shape index (κ3) is 3.32. The fourth-order valence-electron chi connectivity index (χ4n) is 1.97. The van der Waals surface area contributed by atoms with E-state index in [0.717, 1.165) is 12.8 Å². The summed E-state index contributed by atoms with van der Waals surface area (Å²) in [6, 6.07) is -0.805. The summed E-state index contributed by atoms with van der Waals surface area (Å²) in [6.07, 6.45) is 5.70. The van der Waals surface area contributed by atoms with Gasteiger partial charge in [0.1, 0.15) is 6.04 Å². The van der Waals surface area contributed by atoms with Crippen molar-refractivity contribution in [2.45, 2.75) is 46.1 Å². The van der Waals surface area contributed by atoms with Crippen LogP contribution in [0.15, 0.2) is 12.2 Å². The lowest BCUT2D eigenvalue weighted by Crippen LogP contribution is -2.41. The van der Waals surface area contributed by atoms with Crippen LogP contribution >= 0.6 is 0 Å². The van der Waals surface area contributed by atoms with Gasteiger partial charge in [-0.25, -0.2) is 4.79 Å². The number of amides is 1. The highest BCUT2D eigenvalue weighted by Gasteiger charge is 2.53. The van der Waals surface area contributed by atoms with Gasteiger partial charge in [0.25, 0.3) is 0 Å². The third-order valence-electron chi connectivity index (χ3n) is 3.70. The molecule has 1 aliphatic rings. The molecule has 3 unspecified atom stereocenters. The van der Waals surface area contributed by atoms with Crippen molar-refractivity contribution in [3.63, 3.8) is 0 Å². The first-order valence-electron chi connectivity index (χ1n) is 6.09. The molecule has 1 amide bonds. The summed E-state index contributed by atoms with van der Waals surface area (Å²) in [4.78, 5) is 22.8. The van der Waals surface area contributed by atoms with Crippen molar-refractivity contribution in [1.82, 2.24) is 5.32 Å². The Morgan fingerprint density at radius 2 is 2.24 bits per heavy atom. The average molecular weight is 239 g/mol. The standard InChI is InChI=1S/C13H21NO3/c1-4-6-7-10(12(16)17)14-11(15)9-8-13(9,3)5-2/h4,6,9-10H,5,7-8H2,1-3H3,(H,14,15)(H,16,17)/b6-4+. The molecule has 0 bridgehead atoms. The van der Waals surface area contributed by atoms with E-state index in [0.29, 0.717) is 6.42 Å². The molecule has 1 fully saturated rings. The van der Waals surface area contributed by atoms with Gasteiger partial charge in [-0.1, -0.05) is 26.0 Å². The molecule has 0 aromatic rings. The number of hydrogen-bond donors (Lipinski definition) is 2. The lowest BCUT2D eigenvalue weighted by atomic mass is 10.0. The zero-order chi connectivity index (χ0) is 13.1. The topological polar surface area (TPSA) is 66.4 Å². The van der Waals surface area contributed by atoms with Crippen LogP contribution in [0, 0.1) is 11.3 Å². The molecule has 2 N–H and O–H groups in total. The molecule has 0 saturated heterocycles. The average Bonchev–Trinajstić information content (AvgIpc) is 2.97. The summed E-state index contributed by atoms with van der Waals surface area (Å²) >= 11 is 0. The van der Waals surface area contributed by atoms with Crippen molar-refractivity contribution in [2.24, 2.45) is 11.3 Å². The molecule has 96 valence electrons. The monoisotopic (exact) mass is 239 g/mol. The van der Waals surface area contributed by atoms with E-state index < -0.39 is 12.0 Å². The van der Waals surface area contributed by atoms with Gasteiger partial charge in [0.2, 0.25) is 5.91 Å². The van der Waals surface area contributed by atoms with Gasteiger partial charge >= 0.3 is 5.97 Å². The number of carbonyl (C=O) groups is 2. The van der Waals surface area contributed by atoms with Crippen molar-refractivity contribution in [3.05, 3.63) is 12.2 Å². The number of aliphatic carboxylic acids is 1. The van der Waals surface area contributed by atoms with Gasteiger partial charge in [-0.3, -0.25) is 4.79 Å². The van der Waals surface area contributed by atoms with Crippen molar-refractivity contribution < 1.29 is 14.7 Å². The molecule has 0 aromatic carbocycles. The van der Waals surface area contributed by atoms with Crippen LogP contribution in [-0.4, -0.2) is 23.0 Å². The fourth-order valence-corrected chi connectivity index (χ4v) is 1.97. The van der Waals surface area contributed by atoms with Gasteiger partial charge in [-0.05, 0) is 31.6 Å². The van der Waals surface area contributed by atoms with Crippen LogP contribution in [0.25, 0.3) is 0 Å². The Labute approximate surface area is 102 Å². The number of allylic oxidation sites excluding steroid dienone is 1. The molecule has 0 heterocycles. The first kappa shape index (κ1) is 13.7. The lowest BCUT2D eigenvalue weighted by molar-refractivity contribution is -0.142. The largest absolute Gasteiger partial charge is 0.480 e. The number of carbonyl (C=O) groups excluding carboxylic acids is 1. The van der Waals surface area contributed by atoms with Crippen LogP contribution in [0.5, 0.6) is 0 Å². The van der Waals surface area contributed by atoms with Crippen molar-refractivity contribution >= 4 is 11.9 Å². The minimum atomic E-state index is -0.977. The molecule has 1 aliphatic carbocycles. The fraction of sp³-hybridized carbons (Fsp3) is 0.692. The first-order chi connectivity index (χ1) is 7.94. The maximum absolute atomic E-state index is 11.9. The number of rotatable bonds is 6. The van der Waals surface area contributed by atoms with E-state index in [1.54, 1.807) is 12.2 Å². The predicted octanol–water partition coefficient (Wildman–Crippen LogP) is 1.96. The SMILES string of the molecule is C/C=C/CC(NC(=O)C1CC1(C)CC)C(=O)O. The van der Waals surface area contributed by atoms with Crippen LogP contribution in [-0.2, 0) is 9.59 Å². The lowest BCUT2D eigenvalue weighted by Gasteiger charge is -2.14. The van der Waals surface area contributed by atoms with Crippen molar-refractivity contribution in [2.75, 3.05) is 0 Å². The molecule has 4 nitrogen and oxygen atoms in total. The molecular formula is C13H21NO3. The highest BCUT2D eigenvalue weighted by atomic mass is 16.4. The highest BCUT2D eigenvalue weighted by molar-refractivity contribution is 5.87. The summed E-state index contributed by atoms with van der Waals surface area (Å²) in [6.45, 7) is 5.95. The second-order valence-electron chi connectivity index (χ2n) is 4.97. The van der Waals surface area contributed by atoms with E-state index in [-0.39, 0.29) is 17.2 Å². The number of carboxylic acid groups (broad SMARTS) is 1. The second kappa shape index (κ2) is 5.34. The zero-order valence-electron chi connectivity index (χ0n) is 10.7. The van der Waals surface area contributed by atoms with Crippen molar-refractivity contribution in [3.8, 4) is 0 Å². The van der Waals surface area contributed by atoms with Crippen LogP contribution in [0.4, 0.5) is 0 Å². The Bertz CT molecular complexity index is 338. The van der Waals surface area contributed by atoms with Gasteiger partial charge in [0, 0.05) is 5.92 Å². The van der Waals surface area contributed by atoms with Crippen molar-refractivity contribution in [1.29, 1.82) is 0 Å². The first-order valence-corrected chi connectivity index (χ1v) is 6.09. The Morgan fingerprint density at radius 3 is 2.65 bits per heavy atom.